The highest BCUT2D eigenvalue weighted by atomic mass is 32.2. The second-order valence-corrected chi connectivity index (χ2v) is 11.5. The lowest BCUT2D eigenvalue weighted by atomic mass is 9.94. The zero-order chi connectivity index (χ0) is 26.1. The van der Waals surface area contributed by atoms with Gasteiger partial charge in [0.2, 0.25) is 7.55 Å². The summed E-state index contributed by atoms with van der Waals surface area (Å²) in [6.45, 7) is 10.7. The summed E-state index contributed by atoms with van der Waals surface area (Å²) in [6.07, 6.45) is 1.60. The minimum absolute atomic E-state index is 0.235. The minimum atomic E-state index is -3.70. The van der Waals surface area contributed by atoms with E-state index >= 15 is 0 Å². The van der Waals surface area contributed by atoms with Crippen LogP contribution in [0, 0.1) is 25.7 Å². The van der Waals surface area contributed by atoms with Crippen molar-refractivity contribution in [1.29, 1.82) is 0 Å². The molecule has 0 aliphatic carbocycles. The first-order chi connectivity index (χ1) is 17.7. The SMILES string of the molecule is CC1=C(C#Cc2ccc(S(=O)(=O)n3ccc4ccccc43)cc2)C(C)=[N+]2[B-]n3c(C)cc(C)c3C(C)=C12. The predicted octanol–water partition coefficient (Wildman–Crippen LogP) is 5.28. The number of rotatable bonds is 2. The van der Waals surface area contributed by atoms with Crippen molar-refractivity contribution in [3.63, 3.8) is 0 Å². The van der Waals surface area contributed by atoms with Gasteiger partial charge in [0.25, 0.3) is 10.0 Å². The van der Waals surface area contributed by atoms with Crippen LogP contribution >= 0.6 is 0 Å². The predicted molar refractivity (Wildman–Crippen MR) is 149 cm³/mol. The normalized spacial score (nSPS) is 15.3. The van der Waals surface area contributed by atoms with Gasteiger partial charge >= 0.3 is 0 Å². The highest BCUT2D eigenvalue weighted by Crippen LogP contribution is 2.36. The van der Waals surface area contributed by atoms with E-state index in [9.17, 15) is 8.42 Å². The molecule has 0 amide bonds. The van der Waals surface area contributed by atoms with Gasteiger partial charge in [0.1, 0.15) is 5.71 Å². The Bertz CT molecular complexity index is 1900. The Kier molecular flexibility index (Phi) is 5.22. The van der Waals surface area contributed by atoms with Crippen LogP contribution in [0.25, 0.3) is 16.5 Å². The topological polar surface area (TPSA) is 47.0 Å². The van der Waals surface area contributed by atoms with Gasteiger partial charge < -0.3 is 8.96 Å². The molecule has 2 aromatic carbocycles. The molecule has 0 atom stereocenters. The Hall–Kier alpha value is -4.02. The summed E-state index contributed by atoms with van der Waals surface area (Å²) in [5, 5.41) is 0.886. The molecule has 2 radical (unpaired) electrons. The van der Waals surface area contributed by atoms with Crippen molar-refractivity contribution in [2.24, 2.45) is 0 Å². The van der Waals surface area contributed by atoms with Crippen LogP contribution in [-0.2, 0) is 10.0 Å². The Labute approximate surface area is 218 Å². The molecule has 4 aromatic rings. The molecule has 0 saturated carbocycles. The van der Waals surface area contributed by atoms with Crippen LogP contribution < -0.4 is 0 Å². The molecule has 7 heteroatoms. The molecule has 37 heavy (non-hydrogen) atoms. The zero-order valence-corrected chi connectivity index (χ0v) is 22.3. The molecule has 182 valence electrons. The second-order valence-electron chi connectivity index (χ2n) is 9.68. The van der Waals surface area contributed by atoms with E-state index < -0.39 is 10.0 Å². The first kappa shape index (κ1) is 23.4. The summed E-state index contributed by atoms with van der Waals surface area (Å²) in [4.78, 5) is 0.235. The third-order valence-corrected chi connectivity index (χ3v) is 9.07. The Morgan fingerprint density at radius 3 is 2.35 bits per heavy atom. The fourth-order valence-electron chi connectivity index (χ4n) is 5.55. The van der Waals surface area contributed by atoms with Crippen LogP contribution in [0.3, 0.4) is 0 Å². The van der Waals surface area contributed by atoms with Gasteiger partial charge in [0.05, 0.1) is 16.0 Å². The van der Waals surface area contributed by atoms with Crippen LogP contribution in [-0.4, -0.2) is 34.6 Å². The lowest BCUT2D eigenvalue weighted by molar-refractivity contribution is -0.315. The van der Waals surface area contributed by atoms with Crippen molar-refractivity contribution in [3.8, 4) is 11.8 Å². The van der Waals surface area contributed by atoms with E-state index in [2.05, 4.69) is 69.0 Å². The number of fused-ring (bicyclic) bond motifs is 3. The first-order valence-electron chi connectivity index (χ1n) is 12.2. The maximum absolute atomic E-state index is 13.3. The zero-order valence-electron chi connectivity index (χ0n) is 21.5. The van der Waals surface area contributed by atoms with Crippen molar-refractivity contribution in [2.75, 3.05) is 0 Å². The van der Waals surface area contributed by atoms with Gasteiger partial charge in [0.15, 0.2) is 5.70 Å². The summed E-state index contributed by atoms with van der Waals surface area (Å²) >= 11 is 0. The third kappa shape index (κ3) is 3.47. The van der Waals surface area contributed by atoms with E-state index in [1.807, 2.05) is 30.3 Å². The minimum Gasteiger partial charge on any atom is -0.504 e. The van der Waals surface area contributed by atoms with Gasteiger partial charge in [-0.3, -0.25) is 0 Å². The van der Waals surface area contributed by atoms with E-state index in [-0.39, 0.29) is 4.90 Å². The number of nitrogens with zero attached hydrogens (tertiary/aromatic N) is 3. The van der Waals surface area contributed by atoms with Crippen LogP contribution in [0.2, 0.25) is 0 Å². The molecule has 0 unspecified atom stereocenters. The van der Waals surface area contributed by atoms with Crippen molar-refractivity contribution >= 4 is 39.8 Å². The van der Waals surface area contributed by atoms with Crippen LogP contribution in [0.1, 0.15) is 43.3 Å². The molecule has 2 aromatic heterocycles. The molecule has 2 aliphatic rings. The van der Waals surface area contributed by atoms with Gasteiger partial charge in [-0.05, 0) is 81.4 Å². The van der Waals surface area contributed by atoms with Gasteiger partial charge in [-0.2, -0.15) is 0 Å². The molecule has 0 N–H and O–H groups in total. The molecule has 0 spiro atoms. The van der Waals surface area contributed by atoms with Crippen molar-refractivity contribution in [3.05, 3.63) is 106 Å². The summed E-state index contributed by atoms with van der Waals surface area (Å²) in [6, 6.07) is 18.3. The molecule has 0 saturated heterocycles. The molecule has 0 bridgehead atoms. The lowest BCUT2D eigenvalue weighted by Gasteiger charge is -2.29. The quantitative estimate of drug-likeness (QED) is 0.276. The number of para-hydroxylation sites is 1. The Morgan fingerprint density at radius 1 is 0.865 bits per heavy atom. The maximum Gasteiger partial charge on any atom is 0.268 e. The molecule has 0 fully saturated rings. The maximum atomic E-state index is 13.3. The van der Waals surface area contributed by atoms with E-state index in [1.165, 1.54) is 32.2 Å². The van der Waals surface area contributed by atoms with Gasteiger partial charge in [-0.25, -0.2) is 12.4 Å². The number of hydrogen-bond donors (Lipinski definition) is 0. The van der Waals surface area contributed by atoms with E-state index in [4.69, 9.17) is 0 Å². The van der Waals surface area contributed by atoms with Crippen LogP contribution in [0.5, 0.6) is 0 Å². The number of benzene rings is 2. The van der Waals surface area contributed by atoms with Crippen molar-refractivity contribution < 1.29 is 12.9 Å². The monoisotopic (exact) mass is 503 g/mol. The largest absolute Gasteiger partial charge is 0.504 e. The molecular formula is C30H26BN3O2S. The summed E-state index contributed by atoms with van der Waals surface area (Å²) < 4.78 is 32.3. The molecule has 6 rings (SSSR count). The van der Waals surface area contributed by atoms with E-state index in [0.717, 1.165) is 27.8 Å². The number of aryl methyl sites for hydroxylation is 2. The van der Waals surface area contributed by atoms with Crippen molar-refractivity contribution in [1.82, 2.24) is 8.45 Å². The Morgan fingerprint density at radius 2 is 1.59 bits per heavy atom. The average Bonchev–Trinajstić information content (AvgIpc) is 3.51. The number of aromatic nitrogens is 2. The van der Waals surface area contributed by atoms with Gasteiger partial charge in [-0.15, -0.1) is 0 Å². The van der Waals surface area contributed by atoms with Crippen molar-refractivity contribution in [2.45, 2.75) is 39.5 Å². The van der Waals surface area contributed by atoms with Gasteiger partial charge in [0, 0.05) is 40.9 Å². The molecule has 2 aliphatic heterocycles. The highest BCUT2D eigenvalue weighted by molar-refractivity contribution is 7.90. The summed E-state index contributed by atoms with van der Waals surface area (Å²) in [5.74, 6) is 6.62. The molecule has 5 nitrogen and oxygen atoms in total. The first-order valence-corrected chi connectivity index (χ1v) is 13.7. The Balaban J connectivity index is 1.34. The molecule has 4 heterocycles. The lowest BCUT2D eigenvalue weighted by Crippen LogP contribution is -2.31. The smallest absolute Gasteiger partial charge is 0.268 e. The van der Waals surface area contributed by atoms with E-state index in [1.54, 1.807) is 30.5 Å². The van der Waals surface area contributed by atoms with E-state index in [0.29, 0.717) is 5.52 Å². The average molecular weight is 503 g/mol. The third-order valence-electron chi connectivity index (χ3n) is 7.36. The van der Waals surface area contributed by atoms with Crippen LogP contribution in [0.15, 0.2) is 88.6 Å². The highest BCUT2D eigenvalue weighted by Gasteiger charge is 2.32. The fourth-order valence-corrected chi connectivity index (χ4v) is 6.90. The fraction of sp³-hybridized carbons (Fsp3) is 0.167. The number of hydrogen-bond acceptors (Lipinski definition) is 2. The summed E-state index contributed by atoms with van der Waals surface area (Å²) in [7, 11) is -1.55. The standard InChI is InChI=1S/C30H26BN3O2S/c1-19-18-20(2)33-29(19)22(4)30-21(3)27(23(5)34(30)31-33)15-12-24-10-13-26(14-11-24)37(35,36)32-17-16-25-8-6-7-9-28(25)32/h6-11,13-14,16-18H,1-5H3. The number of allylic oxidation sites excluding steroid dienone is 3. The summed E-state index contributed by atoms with van der Waals surface area (Å²) in [5.41, 5.74) is 10.8. The van der Waals surface area contributed by atoms with Crippen LogP contribution in [0.4, 0.5) is 0 Å². The molecular weight excluding hydrogens is 477 g/mol. The second kappa shape index (κ2) is 8.26. The van der Waals surface area contributed by atoms with Gasteiger partial charge in [-0.1, -0.05) is 30.0 Å².